The summed E-state index contributed by atoms with van der Waals surface area (Å²) in [7, 11) is 3.99. The zero-order valence-electron chi connectivity index (χ0n) is 14.8. The lowest BCUT2D eigenvalue weighted by atomic mass is 10.3. The summed E-state index contributed by atoms with van der Waals surface area (Å²) in [6, 6.07) is 7.27. The Bertz CT molecular complexity index is 915. The van der Waals surface area contributed by atoms with Crippen LogP contribution in [0.2, 0.25) is 5.02 Å². The van der Waals surface area contributed by atoms with Crippen molar-refractivity contribution in [3.8, 4) is 5.69 Å². The first-order chi connectivity index (χ1) is 12.4. The smallest absolute Gasteiger partial charge is 0.295 e. The van der Waals surface area contributed by atoms with E-state index >= 15 is 0 Å². The van der Waals surface area contributed by atoms with Crippen LogP contribution in [0.1, 0.15) is 16.4 Å². The maximum atomic E-state index is 12.4. The minimum Gasteiger partial charge on any atom is -0.316 e. The van der Waals surface area contributed by atoms with Crippen molar-refractivity contribution >= 4 is 23.2 Å². The van der Waals surface area contributed by atoms with Crippen LogP contribution in [0, 0.1) is 6.92 Å². The molecule has 2 aromatic heterocycles. The SMILES string of the molecule is Cc1nc(C(=O)Nc2cnn(CCN(C)C)c2)nn1-c1ccccc1Cl. The van der Waals surface area contributed by atoms with Gasteiger partial charge in [0.15, 0.2) is 0 Å². The number of hydrogen-bond donors (Lipinski definition) is 1. The molecule has 136 valence electrons. The molecule has 3 aromatic rings. The Kier molecular flexibility index (Phi) is 5.34. The first-order valence-electron chi connectivity index (χ1n) is 8.11. The minimum atomic E-state index is -0.397. The molecule has 0 radical (unpaired) electrons. The van der Waals surface area contributed by atoms with Crippen LogP contribution in [-0.2, 0) is 6.54 Å². The van der Waals surface area contributed by atoms with Crippen LogP contribution < -0.4 is 5.32 Å². The molecular formula is C17H20ClN7O. The van der Waals surface area contributed by atoms with Gasteiger partial charge in [0.05, 0.1) is 29.1 Å². The highest BCUT2D eigenvalue weighted by Crippen LogP contribution is 2.20. The lowest BCUT2D eigenvalue weighted by Crippen LogP contribution is -2.18. The number of carbonyl (C=O) groups excluding carboxylic acids is 1. The average molecular weight is 374 g/mol. The molecule has 0 bridgehead atoms. The third-order valence-corrected chi connectivity index (χ3v) is 4.04. The molecule has 26 heavy (non-hydrogen) atoms. The Labute approximate surface area is 156 Å². The van der Waals surface area contributed by atoms with Crippen LogP contribution in [-0.4, -0.2) is 56.0 Å². The molecule has 0 spiro atoms. The number of aryl methyl sites for hydroxylation is 1. The second-order valence-corrected chi connectivity index (χ2v) is 6.50. The van der Waals surface area contributed by atoms with Gasteiger partial charge in [0, 0.05) is 12.7 Å². The number of halogens is 1. The molecule has 1 N–H and O–H groups in total. The summed E-state index contributed by atoms with van der Waals surface area (Å²) in [6.45, 7) is 3.37. The van der Waals surface area contributed by atoms with Gasteiger partial charge in [-0.25, -0.2) is 9.67 Å². The van der Waals surface area contributed by atoms with Gasteiger partial charge < -0.3 is 10.2 Å². The van der Waals surface area contributed by atoms with Gasteiger partial charge in [-0.05, 0) is 33.2 Å². The van der Waals surface area contributed by atoms with Crippen LogP contribution in [0.15, 0.2) is 36.7 Å². The van der Waals surface area contributed by atoms with Gasteiger partial charge >= 0.3 is 0 Å². The van der Waals surface area contributed by atoms with E-state index in [2.05, 4.69) is 25.4 Å². The molecule has 9 heteroatoms. The minimum absolute atomic E-state index is 0.0726. The molecule has 3 rings (SSSR count). The van der Waals surface area contributed by atoms with Gasteiger partial charge in [-0.3, -0.25) is 9.48 Å². The number of nitrogens with one attached hydrogen (secondary N) is 1. The van der Waals surface area contributed by atoms with E-state index in [0.29, 0.717) is 22.2 Å². The summed E-state index contributed by atoms with van der Waals surface area (Å²) in [5.41, 5.74) is 1.27. The van der Waals surface area contributed by atoms with Crippen molar-refractivity contribution in [3.63, 3.8) is 0 Å². The van der Waals surface area contributed by atoms with E-state index < -0.39 is 5.91 Å². The van der Waals surface area contributed by atoms with Crippen molar-refractivity contribution in [1.82, 2.24) is 29.4 Å². The lowest BCUT2D eigenvalue weighted by molar-refractivity contribution is 0.101. The van der Waals surface area contributed by atoms with Crippen molar-refractivity contribution < 1.29 is 4.79 Å². The summed E-state index contributed by atoms with van der Waals surface area (Å²) < 4.78 is 3.33. The number of rotatable bonds is 6. The van der Waals surface area contributed by atoms with Crippen LogP contribution in [0.25, 0.3) is 5.69 Å². The molecule has 8 nitrogen and oxygen atoms in total. The number of amides is 1. The summed E-state index contributed by atoms with van der Waals surface area (Å²) >= 11 is 6.20. The number of para-hydroxylation sites is 1. The summed E-state index contributed by atoms with van der Waals surface area (Å²) in [6.07, 6.45) is 3.38. The molecule has 0 fully saturated rings. The summed E-state index contributed by atoms with van der Waals surface area (Å²) in [4.78, 5) is 18.7. The highest BCUT2D eigenvalue weighted by atomic mass is 35.5. The predicted molar refractivity (Wildman–Crippen MR) is 99.8 cm³/mol. The van der Waals surface area contributed by atoms with Crippen LogP contribution >= 0.6 is 11.6 Å². The molecular weight excluding hydrogens is 354 g/mol. The van der Waals surface area contributed by atoms with Crippen LogP contribution in [0.4, 0.5) is 5.69 Å². The number of aromatic nitrogens is 5. The Morgan fingerprint density at radius 1 is 1.31 bits per heavy atom. The first kappa shape index (κ1) is 18.1. The monoisotopic (exact) mass is 373 g/mol. The van der Waals surface area contributed by atoms with E-state index in [1.165, 1.54) is 0 Å². The van der Waals surface area contributed by atoms with E-state index in [9.17, 15) is 4.79 Å². The van der Waals surface area contributed by atoms with Gasteiger partial charge in [0.25, 0.3) is 5.91 Å². The molecule has 1 amide bonds. The Balaban J connectivity index is 1.73. The third-order valence-electron chi connectivity index (χ3n) is 3.72. The second-order valence-electron chi connectivity index (χ2n) is 6.10. The number of anilines is 1. The summed E-state index contributed by atoms with van der Waals surface area (Å²) in [5, 5.41) is 11.8. The Hall–Kier alpha value is -2.71. The molecule has 0 saturated carbocycles. The molecule has 0 aliphatic carbocycles. The number of likely N-dealkylation sites (N-methyl/N-ethyl adjacent to an activating group) is 1. The van der Waals surface area contributed by atoms with Gasteiger partial charge in [0.1, 0.15) is 5.82 Å². The first-order valence-corrected chi connectivity index (χ1v) is 8.49. The van der Waals surface area contributed by atoms with Gasteiger partial charge in [0.2, 0.25) is 5.82 Å². The van der Waals surface area contributed by atoms with Crippen LogP contribution in [0.5, 0.6) is 0 Å². The fourth-order valence-electron chi connectivity index (χ4n) is 2.38. The molecule has 0 aliphatic heterocycles. The molecule has 0 atom stereocenters. The maximum absolute atomic E-state index is 12.4. The fraction of sp³-hybridized carbons (Fsp3) is 0.294. The Morgan fingerprint density at radius 3 is 2.81 bits per heavy atom. The van der Waals surface area contributed by atoms with Crippen molar-refractivity contribution in [2.45, 2.75) is 13.5 Å². The number of carbonyl (C=O) groups is 1. The van der Waals surface area contributed by atoms with E-state index in [0.717, 1.165) is 13.1 Å². The fourth-order valence-corrected chi connectivity index (χ4v) is 2.59. The summed E-state index contributed by atoms with van der Waals surface area (Å²) in [5.74, 6) is 0.249. The standard InChI is InChI=1S/C17H20ClN7O/c1-12-20-16(22-25(12)15-7-5-4-6-14(15)18)17(26)21-13-10-19-24(11-13)9-8-23(2)3/h4-7,10-11H,8-9H2,1-3H3,(H,21,26). The number of nitrogens with zero attached hydrogens (tertiary/aromatic N) is 6. The van der Waals surface area contributed by atoms with E-state index in [4.69, 9.17) is 11.6 Å². The number of benzene rings is 1. The lowest BCUT2D eigenvalue weighted by Gasteiger charge is -2.08. The van der Waals surface area contributed by atoms with Gasteiger partial charge in [-0.1, -0.05) is 23.7 Å². The quantitative estimate of drug-likeness (QED) is 0.716. The van der Waals surface area contributed by atoms with E-state index in [1.807, 2.05) is 32.3 Å². The van der Waals surface area contributed by atoms with Crippen molar-refractivity contribution in [1.29, 1.82) is 0 Å². The normalized spacial score (nSPS) is 11.1. The van der Waals surface area contributed by atoms with E-state index in [-0.39, 0.29) is 5.82 Å². The average Bonchev–Trinajstić information content (AvgIpc) is 3.20. The van der Waals surface area contributed by atoms with Crippen molar-refractivity contribution in [3.05, 3.63) is 53.3 Å². The Morgan fingerprint density at radius 2 is 2.08 bits per heavy atom. The highest BCUT2D eigenvalue weighted by Gasteiger charge is 2.17. The number of hydrogen-bond acceptors (Lipinski definition) is 5. The second kappa shape index (κ2) is 7.67. The van der Waals surface area contributed by atoms with Gasteiger partial charge in [-0.15, -0.1) is 5.10 Å². The van der Waals surface area contributed by atoms with Crippen LogP contribution in [0.3, 0.4) is 0 Å². The van der Waals surface area contributed by atoms with E-state index in [1.54, 1.807) is 34.7 Å². The van der Waals surface area contributed by atoms with Gasteiger partial charge in [-0.2, -0.15) is 5.10 Å². The zero-order chi connectivity index (χ0) is 18.7. The highest BCUT2D eigenvalue weighted by molar-refractivity contribution is 6.32. The third kappa shape index (κ3) is 4.09. The van der Waals surface area contributed by atoms with Crippen molar-refractivity contribution in [2.75, 3.05) is 26.0 Å². The molecule has 0 saturated heterocycles. The largest absolute Gasteiger partial charge is 0.316 e. The molecule has 0 unspecified atom stereocenters. The molecule has 1 aromatic carbocycles. The topological polar surface area (TPSA) is 80.9 Å². The molecule has 2 heterocycles. The molecule has 0 aliphatic rings. The van der Waals surface area contributed by atoms with Crippen molar-refractivity contribution in [2.24, 2.45) is 0 Å². The zero-order valence-corrected chi connectivity index (χ0v) is 15.6. The maximum Gasteiger partial charge on any atom is 0.295 e. The predicted octanol–water partition coefficient (Wildman–Crippen LogP) is 2.24.